The van der Waals surface area contributed by atoms with Gasteiger partial charge in [0, 0.05) is 12.3 Å². The summed E-state index contributed by atoms with van der Waals surface area (Å²) in [5.41, 5.74) is 7.16. The molecule has 2 N–H and O–H groups in total. The number of aromatic nitrogens is 4. The summed E-state index contributed by atoms with van der Waals surface area (Å²) in [6, 6.07) is 2.85. The molecular formula is C14H12F3N5O. The van der Waals surface area contributed by atoms with E-state index in [9.17, 15) is 13.2 Å². The maximum Gasteiger partial charge on any atom is 0.425 e. The summed E-state index contributed by atoms with van der Waals surface area (Å²) in [6.45, 7) is 0.948. The highest BCUT2D eigenvalue weighted by Gasteiger charge is 2.38. The van der Waals surface area contributed by atoms with E-state index in [-0.39, 0.29) is 11.6 Å². The number of halogens is 3. The maximum atomic E-state index is 12.5. The van der Waals surface area contributed by atoms with Crippen LogP contribution in [0, 0.1) is 0 Å². The van der Waals surface area contributed by atoms with Crippen molar-refractivity contribution >= 4 is 11.5 Å². The first kappa shape index (κ1) is 15.1. The molecule has 3 rings (SSSR count). The van der Waals surface area contributed by atoms with Crippen molar-refractivity contribution in [1.29, 1.82) is 0 Å². The number of ether oxygens (including phenoxy) is 1. The van der Waals surface area contributed by atoms with E-state index in [0.29, 0.717) is 17.0 Å². The second-order valence-corrected chi connectivity index (χ2v) is 4.86. The zero-order chi connectivity index (χ0) is 16.6. The van der Waals surface area contributed by atoms with Gasteiger partial charge in [-0.15, -0.1) is 0 Å². The van der Waals surface area contributed by atoms with Gasteiger partial charge >= 0.3 is 6.18 Å². The summed E-state index contributed by atoms with van der Waals surface area (Å²) in [5.74, 6) is 0.342. The van der Waals surface area contributed by atoms with Gasteiger partial charge in [0.15, 0.2) is 6.10 Å². The molecule has 0 bridgehead atoms. The van der Waals surface area contributed by atoms with E-state index in [2.05, 4.69) is 15.0 Å². The zero-order valence-corrected chi connectivity index (χ0v) is 11.9. The molecule has 3 aromatic rings. The summed E-state index contributed by atoms with van der Waals surface area (Å²) >= 11 is 0. The fourth-order valence-electron chi connectivity index (χ4n) is 2.00. The van der Waals surface area contributed by atoms with Crippen LogP contribution in [0.3, 0.4) is 0 Å². The number of hydrogen-bond donors (Lipinski definition) is 1. The number of alkyl halides is 3. The quantitative estimate of drug-likeness (QED) is 0.802. The number of imidazole rings is 1. The lowest BCUT2D eigenvalue weighted by Gasteiger charge is -2.17. The molecule has 1 atom stereocenters. The molecule has 0 aliphatic heterocycles. The Balaban J connectivity index is 1.94. The molecule has 9 heteroatoms. The Morgan fingerprint density at radius 3 is 2.74 bits per heavy atom. The number of nitrogen functional groups attached to an aromatic ring is 1. The van der Waals surface area contributed by atoms with Gasteiger partial charge in [0.1, 0.15) is 22.9 Å². The van der Waals surface area contributed by atoms with Crippen LogP contribution >= 0.6 is 0 Å². The zero-order valence-electron chi connectivity index (χ0n) is 11.9. The summed E-state index contributed by atoms with van der Waals surface area (Å²) < 4.78 is 44.2. The van der Waals surface area contributed by atoms with Gasteiger partial charge in [-0.25, -0.2) is 9.97 Å². The van der Waals surface area contributed by atoms with Crippen molar-refractivity contribution in [3.05, 3.63) is 36.9 Å². The third-order valence-corrected chi connectivity index (χ3v) is 3.17. The Hall–Kier alpha value is -2.84. The third kappa shape index (κ3) is 3.03. The van der Waals surface area contributed by atoms with Gasteiger partial charge in [0.05, 0.1) is 24.3 Å². The van der Waals surface area contributed by atoms with Crippen molar-refractivity contribution in [1.82, 2.24) is 19.4 Å². The molecule has 0 radical (unpaired) electrons. The van der Waals surface area contributed by atoms with E-state index in [1.807, 2.05) is 0 Å². The molecule has 0 aliphatic carbocycles. The highest BCUT2D eigenvalue weighted by atomic mass is 19.4. The molecule has 120 valence electrons. The van der Waals surface area contributed by atoms with E-state index in [1.165, 1.54) is 30.7 Å². The molecule has 6 nitrogen and oxygen atoms in total. The van der Waals surface area contributed by atoms with E-state index >= 15 is 0 Å². The van der Waals surface area contributed by atoms with Crippen LogP contribution in [0.5, 0.6) is 5.75 Å². The van der Waals surface area contributed by atoms with Crippen molar-refractivity contribution in [2.75, 3.05) is 5.73 Å². The fraction of sp³-hybridized carbons (Fsp3) is 0.214. The van der Waals surface area contributed by atoms with Gasteiger partial charge in [-0.2, -0.15) is 13.2 Å². The van der Waals surface area contributed by atoms with Crippen LogP contribution in [0.15, 0.2) is 36.9 Å². The van der Waals surface area contributed by atoms with Crippen LogP contribution in [-0.4, -0.2) is 31.6 Å². The Morgan fingerprint density at radius 2 is 2.04 bits per heavy atom. The molecule has 23 heavy (non-hydrogen) atoms. The SMILES string of the molecule is CC(Oc1ccn2c(-c3cncc(N)n3)cnc2c1)C(F)(F)F. The molecule has 0 saturated heterocycles. The Bertz CT molecular complexity index is 846. The van der Waals surface area contributed by atoms with Crippen LogP contribution in [0.1, 0.15) is 6.92 Å². The number of anilines is 1. The van der Waals surface area contributed by atoms with Crippen LogP contribution in [0.2, 0.25) is 0 Å². The average Bonchev–Trinajstić information content (AvgIpc) is 2.89. The van der Waals surface area contributed by atoms with Gasteiger partial charge < -0.3 is 10.5 Å². The molecule has 0 aromatic carbocycles. The predicted molar refractivity (Wildman–Crippen MR) is 76.8 cm³/mol. The van der Waals surface area contributed by atoms with Crippen molar-refractivity contribution in [2.45, 2.75) is 19.2 Å². The lowest BCUT2D eigenvalue weighted by Crippen LogP contribution is -2.31. The average molecular weight is 323 g/mol. The minimum atomic E-state index is -4.43. The first-order valence-corrected chi connectivity index (χ1v) is 6.63. The van der Waals surface area contributed by atoms with Crippen LogP contribution in [0.25, 0.3) is 17.0 Å². The molecule has 0 fully saturated rings. The lowest BCUT2D eigenvalue weighted by atomic mass is 10.3. The largest absolute Gasteiger partial charge is 0.481 e. The number of nitrogens with two attached hydrogens (primary N) is 1. The van der Waals surface area contributed by atoms with Gasteiger partial charge in [-0.05, 0) is 13.0 Å². The van der Waals surface area contributed by atoms with Gasteiger partial charge in [0.25, 0.3) is 0 Å². The van der Waals surface area contributed by atoms with E-state index < -0.39 is 12.3 Å². The lowest BCUT2D eigenvalue weighted by molar-refractivity contribution is -0.189. The highest BCUT2D eigenvalue weighted by molar-refractivity contribution is 5.61. The predicted octanol–water partition coefficient (Wildman–Crippen LogP) is 2.70. The van der Waals surface area contributed by atoms with Gasteiger partial charge in [-0.1, -0.05) is 0 Å². The molecule has 1 unspecified atom stereocenters. The standard InChI is InChI=1S/C14H12F3N5O/c1-8(14(15,16)17)23-9-2-3-22-11(6-20-13(22)4-9)10-5-19-7-12(18)21-10/h2-8H,1H3,(H2,18,21). The molecule has 0 spiro atoms. The first-order valence-electron chi connectivity index (χ1n) is 6.63. The number of pyridine rings is 1. The second-order valence-electron chi connectivity index (χ2n) is 4.86. The van der Waals surface area contributed by atoms with Crippen LogP contribution in [0.4, 0.5) is 19.0 Å². The number of hydrogen-bond acceptors (Lipinski definition) is 5. The summed E-state index contributed by atoms with van der Waals surface area (Å²) in [7, 11) is 0. The Morgan fingerprint density at radius 1 is 1.26 bits per heavy atom. The smallest absolute Gasteiger partial charge is 0.425 e. The minimum absolute atomic E-state index is 0.0816. The third-order valence-electron chi connectivity index (χ3n) is 3.17. The van der Waals surface area contributed by atoms with Crippen molar-refractivity contribution < 1.29 is 17.9 Å². The number of nitrogens with zero attached hydrogens (tertiary/aromatic N) is 4. The monoisotopic (exact) mass is 323 g/mol. The summed E-state index contributed by atoms with van der Waals surface area (Å²) in [6.07, 6.45) is -0.299. The van der Waals surface area contributed by atoms with Crippen molar-refractivity contribution in [3.63, 3.8) is 0 Å². The second kappa shape index (κ2) is 5.41. The maximum absolute atomic E-state index is 12.5. The molecule has 3 heterocycles. The highest BCUT2D eigenvalue weighted by Crippen LogP contribution is 2.26. The van der Waals surface area contributed by atoms with E-state index in [4.69, 9.17) is 10.5 Å². The topological polar surface area (TPSA) is 78.3 Å². The van der Waals surface area contributed by atoms with Crippen LogP contribution < -0.4 is 10.5 Å². The molecule has 3 aromatic heterocycles. The Labute approximate surface area is 128 Å². The van der Waals surface area contributed by atoms with Gasteiger partial charge in [-0.3, -0.25) is 9.38 Å². The minimum Gasteiger partial charge on any atom is -0.481 e. The number of fused-ring (bicyclic) bond motifs is 1. The molecule has 0 amide bonds. The first-order chi connectivity index (χ1) is 10.8. The van der Waals surface area contributed by atoms with Crippen molar-refractivity contribution in [2.24, 2.45) is 0 Å². The summed E-state index contributed by atoms with van der Waals surface area (Å²) in [4.78, 5) is 12.2. The van der Waals surface area contributed by atoms with Crippen LogP contribution in [-0.2, 0) is 0 Å². The van der Waals surface area contributed by atoms with Gasteiger partial charge in [0.2, 0.25) is 0 Å². The molecule has 0 aliphatic rings. The fourth-order valence-corrected chi connectivity index (χ4v) is 2.00. The van der Waals surface area contributed by atoms with Crippen molar-refractivity contribution in [3.8, 4) is 17.1 Å². The molecule has 0 saturated carbocycles. The Kier molecular flexibility index (Phi) is 3.55. The van der Waals surface area contributed by atoms with E-state index in [0.717, 1.165) is 6.92 Å². The summed E-state index contributed by atoms with van der Waals surface area (Å²) in [5, 5.41) is 0. The molecular weight excluding hydrogens is 311 g/mol. The number of rotatable bonds is 3. The normalized spacial score (nSPS) is 13.2. The van der Waals surface area contributed by atoms with E-state index in [1.54, 1.807) is 10.6 Å².